The lowest BCUT2D eigenvalue weighted by molar-refractivity contribution is -0.133. The first-order chi connectivity index (χ1) is 14.4. The number of hydrogen-bond acceptors (Lipinski definition) is 6. The van der Waals surface area contributed by atoms with Gasteiger partial charge >= 0.3 is 0 Å². The number of nitrogens with zero attached hydrogens (tertiary/aromatic N) is 5. The molecule has 0 saturated carbocycles. The van der Waals surface area contributed by atoms with E-state index < -0.39 is 0 Å². The van der Waals surface area contributed by atoms with Gasteiger partial charge in [-0.2, -0.15) is 0 Å². The lowest BCUT2D eigenvalue weighted by Crippen LogP contribution is -2.41. The van der Waals surface area contributed by atoms with Crippen molar-refractivity contribution < 1.29 is 13.6 Å². The second-order valence-corrected chi connectivity index (χ2v) is 7.50. The molecule has 3 heterocycles. The zero-order valence-electron chi connectivity index (χ0n) is 16.8. The quantitative estimate of drug-likeness (QED) is 0.655. The molecule has 0 atom stereocenters. The first kappa shape index (κ1) is 19.9. The smallest absolute Gasteiger partial charge is 0.256 e. The Morgan fingerprint density at radius 1 is 1.17 bits per heavy atom. The van der Waals surface area contributed by atoms with E-state index in [0.29, 0.717) is 54.5 Å². The summed E-state index contributed by atoms with van der Waals surface area (Å²) in [6.07, 6.45) is 2.80. The van der Waals surface area contributed by atoms with Gasteiger partial charge in [0.15, 0.2) is 0 Å². The predicted molar refractivity (Wildman–Crippen MR) is 106 cm³/mol. The van der Waals surface area contributed by atoms with E-state index in [-0.39, 0.29) is 29.7 Å². The molecule has 4 rings (SSSR count). The monoisotopic (exact) mass is 411 g/mol. The molecule has 2 aromatic heterocycles. The zero-order chi connectivity index (χ0) is 21.3. The number of amides is 1. The molecule has 0 radical (unpaired) electrons. The molecule has 9 heteroatoms. The third-order valence-electron chi connectivity index (χ3n) is 5.55. The number of benzene rings is 1. The van der Waals surface area contributed by atoms with Crippen molar-refractivity contribution in [2.24, 2.45) is 0 Å². The summed E-state index contributed by atoms with van der Waals surface area (Å²) in [5, 5.41) is 8.20. The summed E-state index contributed by atoms with van der Waals surface area (Å²) in [6.45, 7) is 4.55. The average Bonchev–Trinajstić information content (AvgIpc) is 3.25. The Morgan fingerprint density at radius 2 is 1.87 bits per heavy atom. The molecule has 0 spiro atoms. The van der Waals surface area contributed by atoms with Gasteiger partial charge in [-0.15, -0.1) is 10.2 Å². The van der Waals surface area contributed by atoms with Crippen LogP contribution in [0, 0.1) is 19.7 Å². The van der Waals surface area contributed by atoms with E-state index in [1.54, 1.807) is 30.9 Å². The standard InChI is InChI=1S/C21H22FN5O3/c1-13-14(2)23-12-27(21(13)29)11-18(28)26-9-7-16(8-10-26)20-25-24-19(30-20)15-3-5-17(22)6-4-15/h3-6,12,16H,7-11H2,1-2H3. The number of likely N-dealkylation sites (tertiary alicyclic amines) is 1. The minimum Gasteiger partial charge on any atom is -0.420 e. The fraction of sp³-hybridized carbons (Fsp3) is 0.381. The summed E-state index contributed by atoms with van der Waals surface area (Å²) in [5.74, 6) is 0.496. The highest BCUT2D eigenvalue weighted by atomic mass is 19.1. The van der Waals surface area contributed by atoms with Crippen LogP contribution in [0.15, 0.2) is 39.8 Å². The van der Waals surface area contributed by atoms with Crippen LogP contribution in [0.1, 0.15) is 35.9 Å². The number of carbonyl (C=O) groups excluding carboxylic acids is 1. The van der Waals surface area contributed by atoms with E-state index >= 15 is 0 Å². The lowest BCUT2D eigenvalue weighted by atomic mass is 9.97. The van der Waals surface area contributed by atoms with Gasteiger partial charge in [0.2, 0.25) is 17.7 Å². The third kappa shape index (κ3) is 4.00. The lowest BCUT2D eigenvalue weighted by Gasteiger charge is -2.30. The topological polar surface area (TPSA) is 94.1 Å². The fourth-order valence-electron chi connectivity index (χ4n) is 3.52. The summed E-state index contributed by atoms with van der Waals surface area (Å²) in [5.41, 5.74) is 1.70. The van der Waals surface area contributed by atoms with Crippen molar-refractivity contribution >= 4 is 5.91 Å². The van der Waals surface area contributed by atoms with Gasteiger partial charge in [0.25, 0.3) is 5.56 Å². The molecular formula is C21H22FN5O3. The normalized spacial score (nSPS) is 14.8. The predicted octanol–water partition coefficient (Wildman–Crippen LogP) is 2.46. The Bertz CT molecular complexity index is 1110. The first-order valence-corrected chi connectivity index (χ1v) is 9.82. The largest absolute Gasteiger partial charge is 0.420 e. The van der Waals surface area contributed by atoms with E-state index in [1.807, 2.05) is 0 Å². The first-order valence-electron chi connectivity index (χ1n) is 9.82. The zero-order valence-corrected chi connectivity index (χ0v) is 16.8. The van der Waals surface area contributed by atoms with Gasteiger partial charge in [0.05, 0.1) is 6.33 Å². The molecule has 0 aliphatic carbocycles. The van der Waals surface area contributed by atoms with Crippen LogP contribution < -0.4 is 5.56 Å². The highest BCUT2D eigenvalue weighted by Crippen LogP contribution is 2.29. The van der Waals surface area contributed by atoms with Gasteiger partial charge in [-0.05, 0) is 51.0 Å². The molecule has 1 aromatic carbocycles. The molecule has 1 aliphatic rings. The third-order valence-corrected chi connectivity index (χ3v) is 5.55. The van der Waals surface area contributed by atoms with Crippen molar-refractivity contribution in [3.8, 4) is 11.5 Å². The molecule has 1 aliphatic heterocycles. The van der Waals surface area contributed by atoms with Crippen LogP contribution in [0.2, 0.25) is 0 Å². The SMILES string of the molecule is Cc1ncn(CC(=O)N2CCC(c3nnc(-c4ccc(F)cc4)o3)CC2)c(=O)c1C. The van der Waals surface area contributed by atoms with Crippen molar-refractivity contribution in [1.29, 1.82) is 0 Å². The van der Waals surface area contributed by atoms with E-state index in [0.717, 1.165) is 0 Å². The maximum atomic E-state index is 13.1. The average molecular weight is 411 g/mol. The Balaban J connectivity index is 1.37. The van der Waals surface area contributed by atoms with Gasteiger partial charge in [0.1, 0.15) is 12.4 Å². The molecule has 0 unspecified atom stereocenters. The van der Waals surface area contributed by atoms with Gasteiger partial charge in [-0.25, -0.2) is 9.37 Å². The molecule has 3 aromatic rings. The summed E-state index contributed by atoms with van der Waals surface area (Å²) < 4.78 is 20.2. The van der Waals surface area contributed by atoms with E-state index in [9.17, 15) is 14.0 Å². The Labute approximate surface area is 172 Å². The van der Waals surface area contributed by atoms with E-state index in [4.69, 9.17) is 4.42 Å². The molecular weight excluding hydrogens is 389 g/mol. The van der Waals surface area contributed by atoms with Crippen molar-refractivity contribution in [3.05, 3.63) is 63.9 Å². The molecule has 156 valence electrons. The minimum absolute atomic E-state index is 0.0209. The number of halogens is 1. The molecule has 1 amide bonds. The molecule has 0 bridgehead atoms. The Hall–Kier alpha value is -3.36. The van der Waals surface area contributed by atoms with Gasteiger partial charge in [0, 0.05) is 35.8 Å². The summed E-state index contributed by atoms with van der Waals surface area (Å²) in [7, 11) is 0. The van der Waals surface area contributed by atoms with Crippen molar-refractivity contribution in [2.45, 2.75) is 39.2 Å². The van der Waals surface area contributed by atoms with Crippen LogP contribution in [0.4, 0.5) is 4.39 Å². The highest BCUT2D eigenvalue weighted by molar-refractivity contribution is 5.76. The maximum absolute atomic E-state index is 13.1. The number of aryl methyl sites for hydroxylation is 1. The van der Waals surface area contributed by atoms with Gasteiger partial charge < -0.3 is 9.32 Å². The minimum atomic E-state index is -0.325. The van der Waals surface area contributed by atoms with Gasteiger partial charge in [-0.3, -0.25) is 14.2 Å². The molecule has 8 nitrogen and oxygen atoms in total. The number of carbonyl (C=O) groups is 1. The van der Waals surface area contributed by atoms with Crippen molar-refractivity contribution in [3.63, 3.8) is 0 Å². The summed E-state index contributed by atoms with van der Waals surface area (Å²) in [4.78, 5) is 30.8. The van der Waals surface area contributed by atoms with Crippen LogP contribution in [-0.4, -0.2) is 43.6 Å². The number of hydrogen-bond donors (Lipinski definition) is 0. The fourth-order valence-corrected chi connectivity index (χ4v) is 3.52. The van der Waals surface area contributed by atoms with Crippen LogP contribution >= 0.6 is 0 Å². The maximum Gasteiger partial charge on any atom is 0.256 e. The Kier molecular flexibility index (Phi) is 5.43. The molecule has 1 fully saturated rings. The van der Waals surface area contributed by atoms with Gasteiger partial charge in [-0.1, -0.05) is 0 Å². The second-order valence-electron chi connectivity index (χ2n) is 7.50. The summed E-state index contributed by atoms with van der Waals surface area (Å²) in [6, 6.07) is 5.88. The summed E-state index contributed by atoms with van der Waals surface area (Å²) >= 11 is 0. The van der Waals surface area contributed by atoms with Crippen LogP contribution in [0.5, 0.6) is 0 Å². The van der Waals surface area contributed by atoms with Crippen LogP contribution in [0.25, 0.3) is 11.5 Å². The van der Waals surface area contributed by atoms with Crippen LogP contribution in [-0.2, 0) is 11.3 Å². The van der Waals surface area contributed by atoms with Crippen LogP contribution in [0.3, 0.4) is 0 Å². The molecule has 0 N–H and O–H groups in total. The number of aromatic nitrogens is 4. The number of piperidine rings is 1. The highest BCUT2D eigenvalue weighted by Gasteiger charge is 2.27. The van der Waals surface area contributed by atoms with Crippen molar-refractivity contribution in [1.82, 2.24) is 24.6 Å². The second kappa shape index (κ2) is 8.17. The molecule has 30 heavy (non-hydrogen) atoms. The van der Waals surface area contributed by atoms with E-state index in [2.05, 4.69) is 15.2 Å². The van der Waals surface area contributed by atoms with Crippen molar-refractivity contribution in [2.75, 3.05) is 13.1 Å². The Morgan fingerprint density at radius 3 is 2.57 bits per heavy atom. The number of rotatable bonds is 4. The molecule has 1 saturated heterocycles. The van der Waals surface area contributed by atoms with E-state index in [1.165, 1.54) is 23.0 Å².